The summed E-state index contributed by atoms with van der Waals surface area (Å²) in [7, 11) is 0. The number of hydrogen-bond acceptors (Lipinski definition) is 6. The van der Waals surface area contributed by atoms with Crippen LogP contribution in [-0.2, 0) is 6.42 Å². The molecule has 170 valence electrons. The number of pyridine rings is 1. The van der Waals surface area contributed by atoms with E-state index in [1.807, 2.05) is 18.3 Å². The minimum Gasteiger partial charge on any atom is -0.478 e. The topological polar surface area (TPSA) is 91.1 Å². The van der Waals surface area contributed by atoms with E-state index in [2.05, 4.69) is 32.3 Å². The number of ether oxygens (including phenoxy) is 1. The van der Waals surface area contributed by atoms with E-state index >= 15 is 0 Å². The zero-order valence-corrected chi connectivity index (χ0v) is 19.0. The van der Waals surface area contributed by atoms with Crippen LogP contribution in [0.5, 0.6) is 5.75 Å². The van der Waals surface area contributed by atoms with Crippen LogP contribution in [0, 0.1) is 0 Å². The number of fused-ring (bicyclic) bond motifs is 2. The third-order valence-electron chi connectivity index (χ3n) is 6.83. The molecule has 7 nitrogen and oxygen atoms in total. The van der Waals surface area contributed by atoms with Gasteiger partial charge in [0.25, 0.3) is 0 Å². The molecule has 2 aliphatic rings. The lowest BCUT2D eigenvalue weighted by atomic mass is 9.89. The SMILES string of the molecule is Nc1ncc2c(-c3cnn(C4CCNCC4)c3)coc2c1OC1CCCc2cccc(Cl)c21. The van der Waals surface area contributed by atoms with Gasteiger partial charge in [0.2, 0.25) is 5.75 Å². The van der Waals surface area contributed by atoms with Gasteiger partial charge >= 0.3 is 0 Å². The van der Waals surface area contributed by atoms with Crippen molar-refractivity contribution in [2.24, 2.45) is 0 Å². The Morgan fingerprint density at radius 3 is 2.94 bits per heavy atom. The van der Waals surface area contributed by atoms with Crippen LogP contribution in [-0.4, -0.2) is 27.9 Å². The van der Waals surface area contributed by atoms with Crippen LogP contribution in [0.3, 0.4) is 0 Å². The fourth-order valence-electron chi connectivity index (χ4n) is 5.11. The molecule has 4 heterocycles. The summed E-state index contributed by atoms with van der Waals surface area (Å²) in [5, 5.41) is 9.61. The molecule has 0 saturated carbocycles. The number of benzene rings is 1. The van der Waals surface area contributed by atoms with Crippen LogP contribution in [0.25, 0.3) is 22.1 Å². The van der Waals surface area contributed by atoms with Crippen molar-refractivity contribution >= 4 is 28.4 Å². The van der Waals surface area contributed by atoms with E-state index in [1.165, 1.54) is 5.56 Å². The molecule has 1 fully saturated rings. The van der Waals surface area contributed by atoms with E-state index in [1.54, 1.807) is 12.5 Å². The Hall–Kier alpha value is -3.03. The number of nitrogens with one attached hydrogen (secondary N) is 1. The largest absolute Gasteiger partial charge is 0.478 e. The molecule has 3 aromatic heterocycles. The van der Waals surface area contributed by atoms with Crippen molar-refractivity contribution in [1.82, 2.24) is 20.1 Å². The average molecular weight is 464 g/mol. The van der Waals surface area contributed by atoms with E-state index in [9.17, 15) is 0 Å². The van der Waals surface area contributed by atoms with Crippen molar-refractivity contribution in [3.05, 3.63) is 59.2 Å². The predicted molar refractivity (Wildman–Crippen MR) is 129 cm³/mol. The first-order valence-corrected chi connectivity index (χ1v) is 11.9. The highest BCUT2D eigenvalue weighted by Crippen LogP contribution is 2.43. The fourth-order valence-corrected chi connectivity index (χ4v) is 5.42. The monoisotopic (exact) mass is 463 g/mol. The van der Waals surface area contributed by atoms with Gasteiger partial charge in [-0.1, -0.05) is 23.7 Å². The van der Waals surface area contributed by atoms with E-state index < -0.39 is 0 Å². The third-order valence-corrected chi connectivity index (χ3v) is 7.16. The molecule has 1 aliphatic carbocycles. The maximum absolute atomic E-state index is 6.55. The summed E-state index contributed by atoms with van der Waals surface area (Å²) in [5.74, 6) is 0.787. The molecule has 0 radical (unpaired) electrons. The van der Waals surface area contributed by atoms with Crippen LogP contribution < -0.4 is 15.8 Å². The first-order valence-electron chi connectivity index (χ1n) is 11.5. The summed E-state index contributed by atoms with van der Waals surface area (Å²) in [6.45, 7) is 2.04. The fraction of sp³-hybridized carbons (Fsp3) is 0.360. The highest BCUT2D eigenvalue weighted by atomic mass is 35.5. The second-order valence-electron chi connectivity index (χ2n) is 8.87. The number of nitrogen functional groups attached to an aromatic ring is 1. The standard InChI is InChI=1S/C25H26ClN5O2/c26-20-5-1-3-15-4-2-6-21(22(15)20)33-24-23-18(12-29-25(24)27)19(14-32-23)16-11-30-31(13-16)17-7-9-28-10-8-17/h1,3,5,11-14,17,21,28H,2,4,6-10H2,(H2,27,29). The number of furan rings is 1. The molecular weight excluding hydrogens is 438 g/mol. The Morgan fingerprint density at radius 1 is 1.18 bits per heavy atom. The molecule has 33 heavy (non-hydrogen) atoms. The van der Waals surface area contributed by atoms with Crippen LogP contribution in [0.15, 0.2) is 47.5 Å². The Labute approximate surface area is 196 Å². The van der Waals surface area contributed by atoms with Gasteiger partial charge in [-0.3, -0.25) is 4.68 Å². The van der Waals surface area contributed by atoms with Crippen LogP contribution in [0.1, 0.15) is 49.0 Å². The predicted octanol–water partition coefficient (Wildman–Crippen LogP) is 5.31. The van der Waals surface area contributed by atoms with Gasteiger partial charge < -0.3 is 20.2 Å². The molecule has 0 spiro atoms. The van der Waals surface area contributed by atoms with Gasteiger partial charge in [-0.2, -0.15) is 5.10 Å². The van der Waals surface area contributed by atoms with Gasteiger partial charge in [-0.15, -0.1) is 0 Å². The van der Waals surface area contributed by atoms with Crippen LogP contribution in [0.2, 0.25) is 5.02 Å². The Balaban J connectivity index is 1.35. The lowest BCUT2D eigenvalue weighted by molar-refractivity contribution is 0.184. The summed E-state index contributed by atoms with van der Waals surface area (Å²) >= 11 is 6.55. The van der Waals surface area contributed by atoms with Gasteiger partial charge in [0.1, 0.15) is 12.4 Å². The zero-order chi connectivity index (χ0) is 22.4. The van der Waals surface area contributed by atoms with Crippen LogP contribution in [0.4, 0.5) is 5.82 Å². The quantitative estimate of drug-likeness (QED) is 0.426. The van der Waals surface area contributed by atoms with E-state index in [0.29, 0.717) is 23.2 Å². The highest BCUT2D eigenvalue weighted by Gasteiger charge is 2.27. The number of anilines is 1. The number of piperidine rings is 1. The summed E-state index contributed by atoms with van der Waals surface area (Å²) in [6.07, 6.45) is 12.3. The van der Waals surface area contributed by atoms with Crippen LogP contribution >= 0.6 is 11.6 Å². The second kappa shape index (κ2) is 8.39. The number of nitrogens with two attached hydrogens (primary N) is 1. The Kier molecular flexibility index (Phi) is 5.23. The highest BCUT2D eigenvalue weighted by molar-refractivity contribution is 6.31. The number of rotatable bonds is 4. The molecule has 3 N–H and O–H groups in total. The van der Waals surface area contributed by atoms with E-state index in [0.717, 1.165) is 72.3 Å². The van der Waals surface area contributed by atoms with Crippen molar-refractivity contribution in [3.8, 4) is 16.9 Å². The van der Waals surface area contributed by atoms with Gasteiger partial charge in [0.15, 0.2) is 11.4 Å². The maximum Gasteiger partial charge on any atom is 0.205 e. The zero-order valence-electron chi connectivity index (χ0n) is 18.3. The molecular formula is C25H26ClN5O2. The molecule has 1 aromatic carbocycles. The summed E-state index contributed by atoms with van der Waals surface area (Å²) in [6, 6.07) is 6.43. The number of hydrogen-bond donors (Lipinski definition) is 2. The molecule has 8 heteroatoms. The summed E-state index contributed by atoms with van der Waals surface area (Å²) in [4.78, 5) is 4.43. The number of halogens is 1. The molecule has 1 aliphatic heterocycles. The van der Waals surface area contributed by atoms with E-state index in [-0.39, 0.29) is 6.10 Å². The molecule has 6 rings (SSSR count). The Bertz CT molecular complexity index is 1310. The molecule has 0 bridgehead atoms. The molecule has 1 saturated heterocycles. The van der Waals surface area contributed by atoms with Crippen molar-refractivity contribution < 1.29 is 9.15 Å². The van der Waals surface area contributed by atoms with Gasteiger partial charge in [-0.05, 0) is 56.8 Å². The minimum atomic E-state index is -0.187. The molecule has 0 amide bonds. The second-order valence-corrected chi connectivity index (χ2v) is 9.27. The molecule has 1 unspecified atom stereocenters. The lowest BCUT2D eigenvalue weighted by Crippen LogP contribution is -2.29. The number of aryl methyl sites for hydroxylation is 1. The van der Waals surface area contributed by atoms with Crippen molar-refractivity contribution in [3.63, 3.8) is 0 Å². The smallest absolute Gasteiger partial charge is 0.205 e. The first-order chi connectivity index (χ1) is 16.2. The maximum atomic E-state index is 6.55. The average Bonchev–Trinajstić information content (AvgIpc) is 3.49. The van der Waals surface area contributed by atoms with Crippen molar-refractivity contribution in [1.29, 1.82) is 0 Å². The first kappa shape index (κ1) is 20.6. The van der Waals surface area contributed by atoms with Gasteiger partial charge in [0.05, 0.1) is 17.6 Å². The third kappa shape index (κ3) is 3.65. The van der Waals surface area contributed by atoms with E-state index in [4.69, 9.17) is 26.5 Å². The van der Waals surface area contributed by atoms with Gasteiger partial charge in [-0.25, -0.2) is 4.98 Å². The molecule has 4 aromatic rings. The van der Waals surface area contributed by atoms with Crippen molar-refractivity contribution in [2.45, 2.75) is 44.2 Å². The molecule has 1 atom stereocenters. The number of nitrogens with zero attached hydrogens (tertiary/aromatic N) is 3. The number of aromatic nitrogens is 3. The van der Waals surface area contributed by atoms with Gasteiger partial charge in [0, 0.05) is 34.1 Å². The van der Waals surface area contributed by atoms with Crippen molar-refractivity contribution in [2.75, 3.05) is 18.8 Å². The Morgan fingerprint density at radius 2 is 2.06 bits per heavy atom. The normalized spacial score (nSPS) is 19.0. The minimum absolute atomic E-state index is 0.187. The summed E-state index contributed by atoms with van der Waals surface area (Å²) < 4.78 is 14.5. The lowest BCUT2D eigenvalue weighted by Gasteiger charge is -2.27. The summed E-state index contributed by atoms with van der Waals surface area (Å²) in [5.41, 5.74) is 11.1.